The standard InChI is InChI=1S/C14H11F3N2O2/c15-11-2-3-12(16)10(6-11)8-18-7-9-1-4-14(19(20)21)13(17)5-9/h1-6,18H,7-8H2. The molecule has 110 valence electrons. The van der Waals surface area contributed by atoms with Crippen molar-refractivity contribution in [3.63, 3.8) is 0 Å². The van der Waals surface area contributed by atoms with E-state index in [1.165, 1.54) is 6.07 Å². The van der Waals surface area contributed by atoms with Crippen LogP contribution >= 0.6 is 0 Å². The Labute approximate surface area is 118 Å². The second-order valence-electron chi connectivity index (χ2n) is 4.38. The number of nitrogens with one attached hydrogen (secondary N) is 1. The largest absolute Gasteiger partial charge is 0.309 e. The fraction of sp³-hybridized carbons (Fsp3) is 0.143. The Morgan fingerprint density at radius 1 is 1.00 bits per heavy atom. The minimum absolute atomic E-state index is 0.0577. The molecule has 0 aromatic heterocycles. The molecule has 2 aromatic carbocycles. The molecule has 0 spiro atoms. The predicted molar refractivity (Wildman–Crippen MR) is 70.0 cm³/mol. The van der Waals surface area contributed by atoms with Crippen LogP contribution in [0.4, 0.5) is 18.9 Å². The summed E-state index contributed by atoms with van der Waals surface area (Å²) in [6.45, 7) is 0.229. The lowest BCUT2D eigenvalue weighted by Crippen LogP contribution is -2.14. The first-order valence-electron chi connectivity index (χ1n) is 6.05. The summed E-state index contributed by atoms with van der Waals surface area (Å²) in [7, 11) is 0. The number of halogens is 3. The molecule has 0 heterocycles. The van der Waals surface area contributed by atoms with Crippen LogP contribution in [0.1, 0.15) is 11.1 Å². The normalized spacial score (nSPS) is 10.6. The Hall–Kier alpha value is -2.41. The highest BCUT2D eigenvalue weighted by Gasteiger charge is 2.13. The van der Waals surface area contributed by atoms with E-state index in [1.54, 1.807) is 0 Å². The topological polar surface area (TPSA) is 55.2 Å². The molecule has 0 saturated heterocycles. The highest BCUT2D eigenvalue weighted by Crippen LogP contribution is 2.18. The van der Waals surface area contributed by atoms with Crippen LogP contribution in [-0.2, 0) is 13.1 Å². The lowest BCUT2D eigenvalue weighted by Gasteiger charge is -2.06. The molecule has 0 bridgehead atoms. The summed E-state index contributed by atoms with van der Waals surface area (Å²) in [6, 6.07) is 6.61. The van der Waals surface area contributed by atoms with Crippen LogP contribution in [-0.4, -0.2) is 4.92 Å². The number of hydrogen-bond acceptors (Lipinski definition) is 3. The van der Waals surface area contributed by atoms with E-state index in [9.17, 15) is 23.3 Å². The lowest BCUT2D eigenvalue weighted by molar-refractivity contribution is -0.387. The van der Waals surface area contributed by atoms with Crippen molar-refractivity contribution in [2.24, 2.45) is 0 Å². The van der Waals surface area contributed by atoms with Crippen molar-refractivity contribution in [2.45, 2.75) is 13.1 Å². The summed E-state index contributed by atoms with van der Waals surface area (Å²) < 4.78 is 39.7. The zero-order valence-electron chi connectivity index (χ0n) is 10.8. The van der Waals surface area contributed by atoms with Crippen molar-refractivity contribution < 1.29 is 18.1 Å². The Kier molecular flexibility index (Phi) is 4.54. The summed E-state index contributed by atoms with van der Waals surface area (Å²) in [4.78, 5) is 9.66. The maximum absolute atomic E-state index is 13.4. The van der Waals surface area contributed by atoms with Crippen molar-refractivity contribution in [2.75, 3.05) is 0 Å². The molecule has 0 atom stereocenters. The second kappa shape index (κ2) is 6.36. The van der Waals surface area contributed by atoms with Gasteiger partial charge in [0.25, 0.3) is 0 Å². The Balaban J connectivity index is 1.99. The van der Waals surface area contributed by atoms with Gasteiger partial charge in [-0.25, -0.2) is 8.78 Å². The van der Waals surface area contributed by atoms with Gasteiger partial charge in [0.1, 0.15) is 11.6 Å². The van der Waals surface area contributed by atoms with E-state index < -0.39 is 28.1 Å². The molecule has 21 heavy (non-hydrogen) atoms. The Bertz CT molecular complexity index is 677. The van der Waals surface area contributed by atoms with Gasteiger partial charge < -0.3 is 5.32 Å². The molecule has 2 rings (SSSR count). The zero-order chi connectivity index (χ0) is 15.4. The molecule has 1 N–H and O–H groups in total. The SMILES string of the molecule is O=[N+]([O-])c1ccc(CNCc2cc(F)ccc2F)cc1F. The maximum atomic E-state index is 13.4. The van der Waals surface area contributed by atoms with Gasteiger partial charge in [-0.15, -0.1) is 0 Å². The van der Waals surface area contributed by atoms with Crippen LogP contribution in [0, 0.1) is 27.6 Å². The summed E-state index contributed by atoms with van der Waals surface area (Å²) >= 11 is 0. The number of hydrogen-bond donors (Lipinski definition) is 1. The van der Waals surface area contributed by atoms with E-state index in [0.717, 1.165) is 30.3 Å². The van der Waals surface area contributed by atoms with E-state index in [0.29, 0.717) is 5.56 Å². The van der Waals surface area contributed by atoms with Gasteiger partial charge in [-0.3, -0.25) is 10.1 Å². The van der Waals surface area contributed by atoms with Crippen molar-refractivity contribution in [1.29, 1.82) is 0 Å². The fourth-order valence-corrected chi connectivity index (χ4v) is 1.83. The second-order valence-corrected chi connectivity index (χ2v) is 4.38. The van der Waals surface area contributed by atoms with E-state index in [4.69, 9.17) is 0 Å². The third kappa shape index (κ3) is 3.79. The van der Waals surface area contributed by atoms with Gasteiger partial charge in [-0.1, -0.05) is 6.07 Å². The van der Waals surface area contributed by atoms with Gasteiger partial charge in [-0.2, -0.15) is 4.39 Å². The van der Waals surface area contributed by atoms with Crippen molar-refractivity contribution in [3.05, 3.63) is 75.1 Å². The summed E-state index contributed by atoms with van der Waals surface area (Å²) in [5, 5.41) is 13.3. The van der Waals surface area contributed by atoms with Gasteiger partial charge in [0.05, 0.1) is 4.92 Å². The molecule has 4 nitrogen and oxygen atoms in total. The van der Waals surface area contributed by atoms with E-state index in [-0.39, 0.29) is 18.7 Å². The van der Waals surface area contributed by atoms with Gasteiger partial charge in [-0.05, 0) is 29.8 Å². The minimum Gasteiger partial charge on any atom is -0.309 e. The quantitative estimate of drug-likeness (QED) is 0.680. The summed E-state index contributed by atoms with van der Waals surface area (Å²) in [5.41, 5.74) is 0.0159. The van der Waals surface area contributed by atoms with E-state index in [2.05, 4.69) is 5.32 Å². The third-order valence-electron chi connectivity index (χ3n) is 2.86. The Morgan fingerprint density at radius 3 is 2.43 bits per heavy atom. The monoisotopic (exact) mass is 296 g/mol. The molecule has 0 aliphatic carbocycles. The first-order chi connectivity index (χ1) is 9.97. The molecular weight excluding hydrogens is 285 g/mol. The van der Waals surface area contributed by atoms with Gasteiger partial charge in [0, 0.05) is 24.7 Å². The Morgan fingerprint density at radius 2 is 1.76 bits per heavy atom. The first-order valence-corrected chi connectivity index (χ1v) is 6.05. The molecule has 7 heteroatoms. The zero-order valence-corrected chi connectivity index (χ0v) is 10.8. The number of nitro benzene ring substituents is 1. The van der Waals surface area contributed by atoms with Gasteiger partial charge in [0.2, 0.25) is 5.82 Å². The smallest absolute Gasteiger partial charge is 0.304 e. The lowest BCUT2D eigenvalue weighted by atomic mass is 10.1. The summed E-state index contributed by atoms with van der Waals surface area (Å²) in [5.74, 6) is -2.02. The van der Waals surface area contributed by atoms with Crippen LogP contribution in [0.2, 0.25) is 0 Å². The average Bonchev–Trinajstić information content (AvgIpc) is 2.42. The van der Waals surface area contributed by atoms with Gasteiger partial charge in [0.15, 0.2) is 0 Å². The predicted octanol–water partition coefficient (Wildman–Crippen LogP) is 3.30. The van der Waals surface area contributed by atoms with Crippen molar-refractivity contribution in [1.82, 2.24) is 5.32 Å². The molecule has 0 unspecified atom stereocenters. The number of nitro groups is 1. The number of rotatable bonds is 5. The van der Waals surface area contributed by atoms with Crippen LogP contribution in [0.3, 0.4) is 0 Å². The third-order valence-corrected chi connectivity index (χ3v) is 2.86. The molecule has 0 radical (unpaired) electrons. The molecule has 2 aromatic rings. The van der Waals surface area contributed by atoms with Crippen LogP contribution < -0.4 is 5.32 Å². The maximum Gasteiger partial charge on any atom is 0.304 e. The molecule has 0 saturated carbocycles. The number of benzene rings is 2. The highest BCUT2D eigenvalue weighted by molar-refractivity contribution is 5.35. The highest BCUT2D eigenvalue weighted by atomic mass is 19.1. The molecule has 0 aliphatic rings. The van der Waals surface area contributed by atoms with Crippen LogP contribution in [0.15, 0.2) is 36.4 Å². The van der Waals surface area contributed by atoms with Crippen LogP contribution in [0.5, 0.6) is 0 Å². The van der Waals surface area contributed by atoms with Crippen molar-refractivity contribution in [3.8, 4) is 0 Å². The molecule has 0 fully saturated rings. The van der Waals surface area contributed by atoms with Gasteiger partial charge >= 0.3 is 5.69 Å². The molecular formula is C14H11F3N2O2. The minimum atomic E-state index is -0.934. The van der Waals surface area contributed by atoms with E-state index in [1.807, 2.05) is 0 Å². The number of nitrogens with zero attached hydrogens (tertiary/aromatic N) is 1. The van der Waals surface area contributed by atoms with E-state index >= 15 is 0 Å². The molecule has 0 aliphatic heterocycles. The van der Waals surface area contributed by atoms with Crippen molar-refractivity contribution >= 4 is 5.69 Å². The summed E-state index contributed by atoms with van der Waals surface area (Å²) in [6.07, 6.45) is 0. The molecule has 0 amide bonds. The first kappa shape index (κ1) is 15.0. The van der Waals surface area contributed by atoms with Crippen LogP contribution in [0.25, 0.3) is 0 Å². The average molecular weight is 296 g/mol. The fourth-order valence-electron chi connectivity index (χ4n) is 1.83.